The van der Waals surface area contributed by atoms with E-state index in [1.165, 1.54) is 6.92 Å². The van der Waals surface area contributed by atoms with E-state index in [9.17, 15) is 24.0 Å². The first-order valence-electron chi connectivity index (χ1n) is 17.2. The van der Waals surface area contributed by atoms with Crippen molar-refractivity contribution in [3.8, 4) is 17.1 Å². The van der Waals surface area contributed by atoms with Gasteiger partial charge in [0.25, 0.3) is 5.56 Å². The highest BCUT2D eigenvalue weighted by molar-refractivity contribution is 6.92. The van der Waals surface area contributed by atoms with Gasteiger partial charge in [-0.2, -0.15) is 0 Å². The average Bonchev–Trinajstić information content (AvgIpc) is 3.36. The van der Waals surface area contributed by atoms with Crippen molar-refractivity contribution in [2.24, 2.45) is 5.92 Å². The lowest BCUT2D eigenvalue weighted by molar-refractivity contribution is -0.189. The lowest BCUT2D eigenvalue weighted by Gasteiger charge is -2.35. The molecule has 0 radical (unpaired) electrons. The fourth-order valence-corrected chi connectivity index (χ4v) is 11.5. The number of amides is 1. The highest BCUT2D eigenvalue weighted by atomic mass is 28.3. The van der Waals surface area contributed by atoms with E-state index in [0.717, 1.165) is 22.2 Å². The van der Waals surface area contributed by atoms with Gasteiger partial charge in [-0.05, 0) is 74.5 Å². The van der Waals surface area contributed by atoms with Crippen molar-refractivity contribution in [2.45, 2.75) is 111 Å². The summed E-state index contributed by atoms with van der Waals surface area (Å²) in [4.78, 5) is 69.8. The SMILES string of the molecule is CCC1(OC(=O)CCCNC(=O)OC(C)(C)C)C(=O)OCc2c1cc1n(c2=O)Cc2c-1nc1ccc(OC(C)=O)cc1c2[Si](C)(C)CC(C)C. The quantitative estimate of drug-likeness (QED) is 0.0743. The lowest BCUT2D eigenvalue weighted by Crippen LogP contribution is -2.47. The summed E-state index contributed by atoms with van der Waals surface area (Å²) in [6, 6.07) is 8.13. The number of hydrogen-bond acceptors (Lipinski definition) is 10. The van der Waals surface area contributed by atoms with Crippen LogP contribution < -0.4 is 20.8 Å². The van der Waals surface area contributed by atoms with E-state index in [4.69, 9.17) is 23.9 Å². The number of esters is 3. The van der Waals surface area contributed by atoms with Crippen LogP contribution in [0.5, 0.6) is 5.75 Å². The molecule has 0 fully saturated rings. The van der Waals surface area contributed by atoms with Crippen LogP contribution in [-0.2, 0) is 47.3 Å². The Labute approximate surface area is 292 Å². The number of aromatic nitrogens is 2. The molecule has 50 heavy (non-hydrogen) atoms. The molecule has 0 aliphatic carbocycles. The maximum Gasteiger partial charge on any atom is 0.407 e. The van der Waals surface area contributed by atoms with Gasteiger partial charge in [0.15, 0.2) is 0 Å². The first kappa shape index (κ1) is 36.7. The van der Waals surface area contributed by atoms with Crippen molar-refractivity contribution in [1.82, 2.24) is 14.9 Å². The Kier molecular flexibility index (Phi) is 10.0. The van der Waals surface area contributed by atoms with Crippen molar-refractivity contribution in [3.63, 3.8) is 0 Å². The minimum atomic E-state index is -2.20. The average molecular weight is 706 g/mol. The van der Waals surface area contributed by atoms with Crippen LogP contribution in [0.15, 0.2) is 29.1 Å². The fraction of sp³-hybridized carbons (Fsp3) is 0.514. The van der Waals surface area contributed by atoms with Gasteiger partial charge in [0, 0.05) is 30.8 Å². The van der Waals surface area contributed by atoms with E-state index < -0.39 is 43.3 Å². The van der Waals surface area contributed by atoms with Crippen molar-refractivity contribution in [2.75, 3.05) is 6.54 Å². The van der Waals surface area contributed by atoms with Gasteiger partial charge in [-0.25, -0.2) is 14.6 Å². The zero-order chi connectivity index (χ0) is 36.8. The zero-order valence-electron chi connectivity index (χ0n) is 30.4. The van der Waals surface area contributed by atoms with Crippen LogP contribution in [0.3, 0.4) is 0 Å². The molecule has 13 heteroatoms. The summed E-state index contributed by atoms with van der Waals surface area (Å²) in [5.41, 5.74) is 0.537. The zero-order valence-corrected chi connectivity index (χ0v) is 31.4. The second-order valence-corrected chi connectivity index (χ2v) is 19.8. The minimum absolute atomic E-state index is 0.0418. The summed E-state index contributed by atoms with van der Waals surface area (Å²) in [5, 5.41) is 4.64. The standard InChI is InChI=1S/C37H47N3O9Si/c1-10-37(48-30(42)12-11-15-38-35(45)49-36(5,6)7)27-17-29-31-25(18-40(29)33(43)26(27)19-46-34(37)44)32(50(8,9)20-21(2)3)24-16-23(47-22(4)41)13-14-28(24)39-31/h13-14,16-17,21H,10-12,15,18-20H2,1-9H3,(H,38,45). The van der Waals surface area contributed by atoms with Gasteiger partial charge in [-0.15, -0.1) is 0 Å². The van der Waals surface area contributed by atoms with Gasteiger partial charge >= 0.3 is 24.0 Å². The first-order valence-corrected chi connectivity index (χ1v) is 20.4. The molecule has 268 valence electrons. The molecule has 5 rings (SSSR count). The third-order valence-electron chi connectivity index (χ3n) is 9.00. The molecular weight excluding hydrogens is 659 g/mol. The number of cyclic esters (lactones) is 1. The predicted octanol–water partition coefficient (Wildman–Crippen LogP) is 5.43. The van der Waals surface area contributed by atoms with Crippen LogP contribution in [0.4, 0.5) is 4.79 Å². The van der Waals surface area contributed by atoms with E-state index in [1.807, 2.05) is 12.1 Å². The largest absolute Gasteiger partial charge is 0.457 e. The van der Waals surface area contributed by atoms with Gasteiger partial charge in [-0.3, -0.25) is 14.4 Å². The monoisotopic (exact) mass is 705 g/mol. The molecule has 4 heterocycles. The molecule has 0 saturated heterocycles. The normalized spacial score (nSPS) is 16.7. The summed E-state index contributed by atoms with van der Waals surface area (Å²) in [6.07, 6.45) is -0.399. The maximum absolute atomic E-state index is 14.3. The Morgan fingerprint density at radius 2 is 1.84 bits per heavy atom. The number of carbonyl (C=O) groups excluding carboxylic acids is 4. The summed E-state index contributed by atoms with van der Waals surface area (Å²) in [7, 11) is -2.20. The van der Waals surface area contributed by atoms with Crippen molar-refractivity contribution in [3.05, 3.63) is 51.3 Å². The molecule has 0 spiro atoms. The van der Waals surface area contributed by atoms with E-state index in [1.54, 1.807) is 44.4 Å². The number of nitrogens with one attached hydrogen (secondary N) is 1. The van der Waals surface area contributed by atoms with Crippen LogP contribution in [-0.4, -0.2) is 53.8 Å². The third-order valence-corrected chi connectivity index (χ3v) is 12.8. The molecular formula is C37H47N3O9Si. The number of nitrogens with zero attached hydrogens (tertiary/aromatic N) is 2. The molecule has 1 aromatic carbocycles. The maximum atomic E-state index is 14.3. The van der Waals surface area contributed by atoms with Crippen molar-refractivity contribution in [1.29, 1.82) is 0 Å². The molecule has 2 aliphatic heterocycles. The molecule has 1 unspecified atom stereocenters. The Hall–Kier alpha value is -4.52. The predicted molar refractivity (Wildman–Crippen MR) is 190 cm³/mol. The highest BCUT2D eigenvalue weighted by Crippen LogP contribution is 2.42. The molecule has 12 nitrogen and oxygen atoms in total. The lowest BCUT2D eigenvalue weighted by atomic mass is 9.85. The molecule has 0 saturated carbocycles. The number of carbonyl (C=O) groups is 4. The summed E-state index contributed by atoms with van der Waals surface area (Å²) >= 11 is 0. The summed E-state index contributed by atoms with van der Waals surface area (Å²) in [5.74, 6) is -0.984. The van der Waals surface area contributed by atoms with Crippen LogP contribution in [0.25, 0.3) is 22.3 Å². The Morgan fingerprint density at radius 3 is 2.48 bits per heavy atom. The van der Waals surface area contributed by atoms with Gasteiger partial charge in [0.05, 0.1) is 37.1 Å². The fourth-order valence-electron chi connectivity index (χ4n) is 7.32. The first-order chi connectivity index (χ1) is 23.4. The smallest absolute Gasteiger partial charge is 0.407 e. The summed E-state index contributed by atoms with van der Waals surface area (Å²) < 4.78 is 23.8. The molecule has 1 N–H and O–H groups in total. The van der Waals surface area contributed by atoms with E-state index >= 15 is 0 Å². The molecule has 2 aliphatic rings. The Balaban J connectivity index is 1.56. The second-order valence-electron chi connectivity index (χ2n) is 15.1. The minimum Gasteiger partial charge on any atom is -0.457 e. The third kappa shape index (κ3) is 7.19. The number of fused-ring (bicyclic) bond motifs is 5. The summed E-state index contributed by atoms with van der Waals surface area (Å²) in [6.45, 7) is 17.5. The van der Waals surface area contributed by atoms with E-state index in [0.29, 0.717) is 34.1 Å². The van der Waals surface area contributed by atoms with E-state index in [-0.39, 0.29) is 50.1 Å². The molecule has 2 aromatic heterocycles. The number of hydrogen-bond donors (Lipinski definition) is 1. The van der Waals surface area contributed by atoms with Crippen molar-refractivity contribution >= 4 is 48.2 Å². The topological polar surface area (TPSA) is 152 Å². The van der Waals surface area contributed by atoms with Crippen molar-refractivity contribution < 1.29 is 38.1 Å². The second kappa shape index (κ2) is 13.7. The van der Waals surface area contributed by atoms with Gasteiger partial charge in [-0.1, -0.05) is 39.9 Å². The number of rotatable bonds is 10. The molecule has 3 aromatic rings. The van der Waals surface area contributed by atoms with Crippen LogP contribution in [0, 0.1) is 5.92 Å². The molecule has 1 amide bonds. The number of alkyl carbamates (subject to hydrolysis) is 1. The number of pyridine rings is 2. The van der Waals surface area contributed by atoms with Gasteiger partial charge in [0.1, 0.15) is 18.0 Å². The number of benzene rings is 1. The van der Waals surface area contributed by atoms with E-state index in [2.05, 4.69) is 32.3 Å². The van der Waals surface area contributed by atoms with Gasteiger partial charge < -0.3 is 28.8 Å². The van der Waals surface area contributed by atoms with Crippen LogP contribution >= 0.6 is 0 Å². The Morgan fingerprint density at radius 1 is 1.12 bits per heavy atom. The van der Waals surface area contributed by atoms with Gasteiger partial charge in [0.2, 0.25) is 5.60 Å². The molecule has 0 bridgehead atoms. The Bertz CT molecular complexity index is 1940. The van der Waals surface area contributed by atoms with Crippen LogP contribution in [0.1, 0.15) is 84.4 Å². The van der Waals surface area contributed by atoms with Crippen LogP contribution in [0.2, 0.25) is 19.1 Å². The molecule has 1 atom stereocenters. The highest BCUT2D eigenvalue weighted by Gasteiger charge is 2.50. The number of ether oxygens (including phenoxy) is 4.